The summed E-state index contributed by atoms with van der Waals surface area (Å²) in [6.45, 7) is 5.54. The Labute approximate surface area is 133 Å². The van der Waals surface area contributed by atoms with Crippen LogP contribution in [0.25, 0.3) is 0 Å². The number of ether oxygens (including phenoxy) is 2. The van der Waals surface area contributed by atoms with Crippen LogP contribution in [0.4, 0.5) is 0 Å². The number of hydrogen-bond acceptors (Lipinski definition) is 6. The van der Waals surface area contributed by atoms with Crippen molar-refractivity contribution in [1.82, 2.24) is 14.7 Å². The second-order valence-electron chi connectivity index (χ2n) is 5.66. The van der Waals surface area contributed by atoms with Gasteiger partial charge in [0.15, 0.2) is 5.78 Å². The lowest BCUT2D eigenvalue weighted by Gasteiger charge is -2.24. The van der Waals surface area contributed by atoms with Crippen LogP contribution < -0.4 is 4.72 Å². The van der Waals surface area contributed by atoms with Crippen molar-refractivity contribution in [3.63, 3.8) is 0 Å². The molecule has 1 aromatic heterocycles. The quantitative estimate of drug-likeness (QED) is 0.720. The molecule has 0 saturated carbocycles. The molecule has 1 N–H and O–H groups in total. The molecule has 0 spiro atoms. The molecule has 2 unspecified atom stereocenters. The zero-order valence-corrected chi connectivity index (χ0v) is 14.3. The van der Waals surface area contributed by atoms with Crippen LogP contribution in [0, 0.1) is 0 Å². The van der Waals surface area contributed by atoms with E-state index in [4.69, 9.17) is 9.47 Å². The number of carbonyl (C=O) groups is 1. The number of nitrogens with zero attached hydrogens (tertiary/aromatic N) is 2. The molecule has 0 aliphatic heterocycles. The summed E-state index contributed by atoms with van der Waals surface area (Å²) in [4.78, 5) is 20.4. The maximum atomic E-state index is 12.3. The van der Waals surface area contributed by atoms with Crippen LogP contribution in [0.2, 0.25) is 0 Å². The van der Waals surface area contributed by atoms with Gasteiger partial charge in [0.05, 0.1) is 33.7 Å². The average molecular weight is 329 g/mol. The first-order valence-electron chi connectivity index (χ1n) is 6.81. The number of ketones is 1. The van der Waals surface area contributed by atoms with Gasteiger partial charge in [0.1, 0.15) is 0 Å². The van der Waals surface area contributed by atoms with Gasteiger partial charge < -0.3 is 9.47 Å². The summed E-state index contributed by atoms with van der Waals surface area (Å²) in [5.41, 5.74) is 0.541. The third-order valence-corrected chi connectivity index (χ3v) is 4.45. The van der Waals surface area contributed by atoms with Gasteiger partial charge in [-0.25, -0.2) is 8.93 Å². The highest BCUT2D eigenvalue weighted by Crippen LogP contribution is 2.19. The molecule has 0 saturated heterocycles. The van der Waals surface area contributed by atoms with E-state index in [1.165, 1.54) is 26.6 Å². The number of rotatable bonds is 8. The molecule has 7 nitrogen and oxygen atoms in total. The number of aromatic nitrogens is 2. The molecule has 8 heteroatoms. The molecule has 22 heavy (non-hydrogen) atoms. The Balaban J connectivity index is 2.93. The Morgan fingerprint density at radius 1 is 1.32 bits per heavy atom. The maximum absolute atomic E-state index is 12.3. The van der Waals surface area contributed by atoms with Crippen molar-refractivity contribution in [2.45, 2.75) is 44.3 Å². The zero-order chi connectivity index (χ0) is 16.8. The van der Waals surface area contributed by atoms with Crippen LogP contribution in [-0.4, -0.2) is 45.2 Å². The fourth-order valence-electron chi connectivity index (χ4n) is 1.66. The molecule has 0 aliphatic carbocycles. The van der Waals surface area contributed by atoms with Crippen LogP contribution in [-0.2, 0) is 25.3 Å². The zero-order valence-electron chi connectivity index (χ0n) is 13.5. The van der Waals surface area contributed by atoms with Crippen molar-refractivity contribution in [1.29, 1.82) is 0 Å². The highest BCUT2D eigenvalue weighted by molar-refractivity contribution is 7.84. The largest absolute Gasteiger partial charge is 0.349 e. The highest BCUT2D eigenvalue weighted by atomic mass is 32.2. The SMILES string of the molecule is COC(OC)C(=O)CC(NS(=O)C(C)(C)C)c1cnccn1. The normalized spacial score (nSPS) is 14.8. The first-order chi connectivity index (χ1) is 10.3. The number of hydrogen-bond donors (Lipinski definition) is 1. The summed E-state index contributed by atoms with van der Waals surface area (Å²) in [7, 11) is 1.43. The Kier molecular flexibility index (Phi) is 7.21. The predicted molar refractivity (Wildman–Crippen MR) is 83.2 cm³/mol. The van der Waals surface area contributed by atoms with Gasteiger partial charge in [-0.05, 0) is 20.8 Å². The fraction of sp³-hybridized carbons (Fsp3) is 0.643. The minimum Gasteiger partial charge on any atom is -0.349 e. The van der Waals surface area contributed by atoms with Crippen molar-refractivity contribution in [3.8, 4) is 0 Å². The van der Waals surface area contributed by atoms with Gasteiger partial charge in [-0.2, -0.15) is 0 Å². The van der Waals surface area contributed by atoms with Gasteiger partial charge >= 0.3 is 0 Å². The molecule has 124 valence electrons. The van der Waals surface area contributed by atoms with E-state index in [9.17, 15) is 9.00 Å². The molecule has 0 aromatic carbocycles. The Hall–Kier alpha value is -1.22. The summed E-state index contributed by atoms with van der Waals surface area (Å²) >= 11 is 0. The smallest absolute Gasteiger partial charge is 0.217 e. The first-order valence-corrected chi connectivity index (χ1v) is 7.96. The number of methoxy groups -OCH3 is 2. The van der Waals surface area contributed by atoms with E-state index in [1.54, 1.807) is 6.20 Å². The monoisotopic (exact) mass is 329 g/mol. The highest BCUT2D eigenvalue weighted by Gasteiger charge is 2.28. The summed E-state index contributed by atoms with van der Waals surface area (Å²) in [5, 5.41) is 0. The Morgan fingerprint density at radius 2 is 1.95 bits per heavy atom. The summed E-state index contributed by atoms with van der Waals surface area (Å²) in [6.07, 6.45) is 3.69. The molecule has 1 heterocycles. The van der Waals surface area contributed by atoms with Crippen LogP contribution in [0.3, 0.4) is 0 Å². The van der Waals surface area contributed by atoms with E-state index in [-0.39, 0.29) is 12.2 Å². The molecule has 1 aromatic rings. The number of Topliss-reactive ketones (excluding diaryl/α,β-unsaturated/α-hetero) is 1. The van der Waals surface area contributed by atoms with Crippen LogP contribution in [0.1, 0.15) is 38.9 Å². The van der Waals surface area contributed by atoms with E-state index in [0.717, 1.165) is 0 Å². The number of nitrogens with one attached hydrogen (secondary N) is 1. The first kappa shape index (κ1) is 18.8. The Bertz CT molecular complexity index is 501. The van der Waals surface area contributed by atoms with Gasteiger partial charge in [0, 0.05) is 33.0 Å². The van der Waals surface area contributed by atoms with Crippen LogP contribution >= 0.6 is 0 Å². The van der Waals surface area contributed by atoms with E-state index < -0.39 is 28.1 Å². The lowest BCUT2D eigenvalue weighted by Crippen LogP contribution is -2.38. The molecule has 0 amide bonds. The van der Waals surface area contributed by atoms with Crippen molar-refractivity contribution in [3.05, 3.63) is 24.3 Å². The average Bonchev–Trinajstić information content (AvgIpc) is 2.47. The van der Waals surface area contributed by atoms with Crippen molar-refractivity contribution in [2.75, 3.05) is 14.2 Å². The van der Waals surface area contributed by atoms with E-state index in [2.05, 4.69) is 14.7 Å². The van der Waals surface area contributed by atoms with Crippen molar-refractivity contribution < 1.29 is 18.5 Å². The summed E-state index contributed by atoms with van der Waals surface area (Å²) in [5.74, 6) is -0.265. The van der Waals surface area contributed by atoms with E-state index in [0.29, 0.717) is 5.69 Å². The Morgan fingerprint density at radius 3 is 2.41 bits per heavy atom. The van der Waals surface area contributed by atoms with Gasteiger partial charge in [-0.1, -0.05) is 0 Å². The second-order valence-corrected chi connectivity index (χ2v) is 7.65. The summed E-state index contributed by atoms with van der Waals surface area (Å²) in [6, 6.07) is -0.533. The van der Waals surface area contributed by atoms with Crippen LogP contribution in [0.15, 0.2) is 18.6 Å². The minimum absolute atomic E-state index is 0.0346. The third kappa shape index (κ3) is 5.53. The number of carbonyl (C=O) groups excluding carboxylic acids is 1. The van der Waals surface area contributed by atoms with Crippen molar-refractivity contribution in [2.24, 2.45) is 0 Å². The van der Waals surface area contributed by atoms with Gasteiger partial charge in [-0.3, -0.25) is 14.8 Å². The van der Waals surface area contributed by atoms with Crippen molar-refractivity contribution >= 4 is 16.8 Å². The lowest BCUT2D eigenvalue weighted by molar-refractivity contribution is -0.157. The molecule has 2 atom stereocenters. The van der Waals surface area contributed by atoms with Gasteiger partial charge in [0.2, 0.25) is 6.29 Å². The van der Waals surface area contributed by atoms with E-state index in [1.807, 2.05) is 20.8 Å². The van der Waals surface area contributed by atoms with Gasteiger partial charge in [0.25, 0.3) is 0 Å². The maximum Gasteiger partial charge on any atom is 0.217 e. The molecule has 0 radical (unpaired) electrons. The molecule has 0 aliphatic rings. The van der Waals surface area contributed by atoms with Gasteiger partial charge in [-0.15, -0.1) is 0 Å². The second kappa shape index (κ2) is 8.42. The molecule has 0 bridgehead atoms. The van der Waals surface area contributed by atoms with E-state index >= 15 is 0 Å². The van der Waals surface area contributed by atoms with Crippen LogP contribution in [0.5, 0.6) is 0 Å². The topological polar surface area (TPSA) is 90.4 Å². The standard InChI is InChI=1S/C14H23N3O4S/c1-14(2,3)22(19)17-10(11-9-15-6-7-16-11)8-12(18)13(20-4)21-5/h6-7,9-10,13,17H,8H2,1-5H3. The molecular formula is C14H23N3O4S. The molecular weight excluding hydrogens is 306 g/mol. The lowest BCUT2D eigenvalue weighted by atomic mass is 10.1. The molecule has 1 rings (SSSR count). The fourth-order valence-corrected chi connectivity index (χ4v) is 2.48. The predicted octanol–water partition coefficient (Wildman–Crippen LogP) is 1.15. The third-order valence-electron chi connectivity index (χ3n) is 2.84. The molecule has 0 fully saturated rings. The summed E-state index contributed by atoms with van der Waals surface area (Å²) < 4.78 is 24.7. The minimum atomic E-state index is -1.35.